The number of aryl methyl sites for hydroxylation is 2. The quantitative estimate of drug-likeness (QED) is 0.658. The van der Waals surface area contributed by atoms with E-state index in [1.165, 1.54) is 10.9 Å². The number of hydrogen-bond acceptors (Lipinski definition) is 4. The third kappa shape index (κ3) is 2.01. The molecule has 6 heteroatoms. The molecule has 0 amide bonds. The molecule has 100 valence electrons. The number of rotatable bonds is 2. The molecule has 0 spiro atoms. The predicted molar refractivity (Wildman–Crippen MR) is 76.9 cm³/mol. The fourth-order valence-corrected chi connectivity index (χ4v) is 1.98. The lowest BCUT2D eigenvalue weighted by molar-refractivity contribution is 0.747. The van der Waals surface area contributed by atoms with Crippen LogP contribution in [0.3, 0.4) is 0 Å². The van der Waals surface area contributed by atoms with E-state index in [4.69, 9.17) is 0 Å². The van der Waals surface area contributed by atoms with E-state index < -0.39 is 0 Å². The number of fused-ring (bicyclic) bond motifs is 1. The lowest BCUT2D eigenvalue weighted by Gasteiger charge is -2.03. The van der Waals surface area contributed by atoms with Crippen molar-refractivity contribution in [1.82, 2.24) is 19.4 Å². The van der Waals surface area contributed by atoms with E-state index in [-0.39, 0.29) is 5.56 Å². The Labute approximate surface area is 115 Å². The topological polar surface area (TPSA) is 65.1 Å². The Morgan fingerprint density at radius 3 is 2.75 bits per heavy atom. The highest BCUT2D eigenvalue weighted by atomic mass is 16.1. The van der Waals surface area contributed by atoms with Crippen LogP contribution in [0.15, 0.2) is 46.4 Å². The molecule has 3 aromatic rings. The number of hydrogen-bond donors (Lipinski definition) is 0. The summed E-state index contributed by atoms with van der Waals surface area (Å²) in [5.41, 5.74) is 1.27. The van der Waals surface area contributed by atoms with Crippen molar-refractivity contribution >= 4 is 17.2 Å². The first kappa shape index (κ1) is 12.3. The van der Waals surface area contributed by atoms with Crippen LogP contribution in [0, 0.1) is 6.92 Å². The molecule has 0 N–H and O–H groups in total. The SMILES string of the molecule is Cc1nc2c(cnn2C)c(=O)n1N=Cc1ccccc1. The van der Waals surface area contributed by atoms with Gasteiger partial charge in [-0.1, -0.05) is 30.3 Å². The van der Waals surface area contributed by atoms with E-state index in [0.717, 1.165) is 5.56 Å². The number of nitrogens with zero attached hydrogens (tertiary/aromatic N) is 5. The molecule has 0 fully saturated rings. The Hall–Kier alpha value is -2.76. The lowest BCUT2D eigenvalue weighted by atomic mass is 10.2. The number of aromatic nitrogens is 4. The second-order valence-electron chi connectivity index (χ2n) is 4.44. The van der Waals surface area contributed by atoms with Crippen molar-refractivity contribution in [1.29, 1.82) is 0 Å². The van der Waals surface area contributed by atoms with E-state index in [2.05, 4.69) is 15.2 Å². The minimum absolute atomic E-state index is 0.215. The molecule has 0 saturated heterocycles. The molecule has 1 aromatic carbocycles. The van der Waals surface area contributed by atoms with Gasteiger partial charge < -0.3 is 0 Å². The summed E-state index contributed by atoms with van der Waals surface area (Å²) < 4.78 is 2.87. The van der Waals surface area contributed by atoms with Crippen LogP contribution in [0.1, 0.15) is 11.4 Å². The fraction of sp³-hybridized carbons (Fsp3) is 0.143. The van der Waals surface area contributed by atoms with Gasteiger partial charge in [-0.25, -0.2) is 4.98 Å². The molecule has 20 heavy (non-hydrogen) atoms. The molecule has 0 aliphatic carbocycles. The van der Waals surface area contributed by atoms with Gasteiger partial charge in [0.15, 0.2) is 5.65 Å². The zero-order valence-corrected chi connectivity index (χ0v) is 11.2. The van der Waals surface area contributed by atoms with Gasteiger partial charge in [-0.15, -0.1) is 0 Å². The zero-order chi connectivity index (χ0) is 14.1. The van der Waals surface area contributed by atoms with Crippen molar-refractivity contribution in [3.05, 3.63) is 58.3 Å². The first-order valence-corrected chi connectivity index (χ1v) is 6.17. The average Bonchev–Trinajstić information content (AvgIpc) is 2.81. The Morgan fingerprint density at radius 1 is 1.25 bits per heavy atom. The van der Waals surface area contributed by atoms with E-state index in [9.17, 15) is 4.79 Å². The highest BCUT2D eigenvalue weighted by Crippen LogP contribution is 2.06. The molecule has 0 unspecified atom stereocenters. The largest absolute Gasteiger partial charge is 0.285 e. The summed E-state index contributed by atoms with van der Waals surface area (Å²) in [5, 5.41) is 8.72. The van der Waals surface area contributed by atoms with Gasteiger partial charge in [0, 0.05) is 7.05 Å². The van der Waals surface area contributed by atoms with Crippen molar-refractivity contribution in [3.8, 4) is 0 Å². The van der Waals surface area contributed by atoms with Crippen molar-refractivity contribution in [3.63, 3.8) is 0 Å². The molecule has 6 nitrogen and oxygen atoms in total. The Bertz CT molecular complexity index is 845. The molecule has 3 rings (SSSR count). The third-order valence-corrected chi connectivity index (χ3v) is 3.03. The average molecular weight is 267 g/mol. The minimum atomic E-state index is -0.215. The van der Waals surface area contributed by atoms with Gasteiger partial charge in [0.25, 0.3) is 5.56 Å². The molecule has 0 radical (unpaired) electrons. The smallest absolute Gasteiger partial charge is 0.266 e. The maximum atomic E-state index is 12.3. The molecule has 0 bridgehead atoms. The molecule has 0 aliphatic heterocycles. The highest BCUT2D eigenvalue weighted by molar-refractivity contribution is 5.79. The van der Waals surface area contributed by atoms with Crippen LogP contribution in [-0.2, 0) is 7.05 Å². The Balaban J connectivity index is 2.13. The van der Waals surface area contributed by atoms with Gasteiger partial charge in [0.2, 0.25) is 0 Å². The van der Waals surface area contributed by atoms with Crippen LogP contribution in [-0.4, -0.2) is 25.7 Å². The maximum Gasteiger partial charge on any atom is 0.285 e. The van der Waals surface area contributed by atoms with Gasteiger partial charge in [0.1, 0.15) is 11.2 Å². The Morgan fingerprint density at radius 2 is 2.00 bits per heavy atom. The predicted octanol–water partition coefficient (Wildman–Crippen LogP) is 1.32. The van der Waals surface area contributed by atoms with Crippen LogP contribution < -0.4 is 5.56 Å². The zero-order valence-electron chi connectivity index (χ0n) is 11.2. The van der Waals surface area contributed by atoms with Gasteiger partial charge >= 0.3 is 0 Å². The molecule has 0 atom stereocenters. The molecule has 0 saturated carbocycles. The van der Waals surface area contributed by atoms with Crippen LogP contribution in [0.5, 0.6) is 0 Å². The summed E-state index contributed by atoms with van der Waals surface area (Å²) in [7, 11) is 1.76. The van der Waals surface area contributed by atoms with Crippen LogP contribution in [0.4, 0.5) is 0 Å². The second-order valence-corrected chi connectivity index (χ2v) is 4.44. The lowest BCUT2D eigenvalue weighted by Crippen LogP contribution is -2.20. The first-order valence-electron chi connectivity index (χ1n) is 6.17. The highest BCUT2D eigenvalue weighted by Gasteiger charge is 2.10. The minimum Gasteiger partial charge on any atom is -0.266 e. The Kier molecular flexibility index (Phi) is 2.90. The molecule has 2 heterocycles. The second kappa shape index (κ2) is 4.73. The molecular weight excluding hydrogens is 254 g/mol. The maximum absolute atomic E-state index is 12.3. The summed E-state index contributed by atoms with van der Waals surface area (Å²) in [4.78, 5) is 16.7. The van der Waals surface area contributed by atoms with E-state index in [1.807, 2.05) is 30.3 Å². The van der Waals surface area contributed by atoms with Crippen LogP contribution in [0.25, 0.3) is 11.0 Å². The summed E-state index contributed by atoms with van der Waals surface area (Å²) in [6.45, 7) is 1.75. The van der Waals surface area contributed by atoms with Gasteiger partial charge in [-0.2, -0.15) is 14.9 Å². The third-order valence-electron chi connectivity index (χ3n) is 3.03. The van der Waals surface area contributed by atoms with Crippen LogP contribution in [0.2, 0.25) is 0 Å². The van der Waals surface area contributed by atoms with Crippen molar-refractivity contribution in [2.24, 2.45) is 12.1 Å². The standard InChI is InChI=1S/C14H13N5O/c1-10-17-13-12(9-15-18(13)2)14(20)19(10)16-8-11-6-4-3-5-7-11/h3-9H,1-2H3. The molecule has 2 aromatic heterocycles. The monoisotopic (exact) mass is 267 g/mol. The summed E-state index contributed by atoms with van der Waals surface area (Å²) in [6.07, 6.45) is 3.15. The van der Waals surface area contributed by atoms with Crippen molar-refractivity contribution in [2.45, 2.75) is 6.92 Å². The van der Waals surface area contributed by atoms with Gasteiger partial charge in [0.05, 0.1) is 12.4 Å². The normalized spacial score (nSPS) is 11.5. The van der Waals surface area contributed by atoms with Crippen molar-refractivity contribution < 1.29 is 0 Å². The van der Waals surface area contributed by atoms with Gasteiger partial charge in [-0.05, 0) is 12.5 Å². The number of benzene rings is 1. The fourth-order valence-electron chi connectivity index (χ4n) is 1.98. The first-order chi connectivity index (χ1) is 9.66. The summed E-state index contributed by atoms with van der Waals surface area (Å²) >= 11 is 0. The molecule has 0 aliphatic rings. The summed E-state index contributed by atoms with van der Waals surface area (Å²) in [5.74, 6) is 0.526. The van der Waals surface area contributed by atoms with E-state index >= 15 is 0 Å². The molecular formula is C14H13N5O. The van der Waals surface area contributed by atoms with Crippen molar-refractivity contribution in [2.75, 3.05) is 0 Å². The summed E-state index contributed by atoms with van der Waals surface area (Å²) in [6, 6.07) is 9.59. The van der Waals surface area contributed by atoms with E-state index in [1.54, 1.807) is 24.9 Å². The van der Waals surface area contributed by atoms with Gasteiger partial charge in [-0.3, -0.25) is 9.48 Å². The van der Waals surface area contributed by atoms with Crippen LogP contribution >= 0.6 is 0 Å². The van der Waals surface area contributed by atoms with E-state index in [0.29, 0.717) is 16.9 Å².